The molecule has 0 saturated heterocycles. The molecule has 0 spiro atoms. The molecule has 2 aromatic rings. The molecule has 0 heterocycles. The van der Waals surface area contributed by atoms with Gasteiger partial charge in [-0.1, -0.05) is 19.1 Å². The summed E-state index contributed by atoms with van der Waals surface area (Å²) in [6, 6.07) is 13.7. The third-order valence-electron chi connectivity index (χ3n) is 6.60. The highest BCUT2D eigenvalue weighted by Gasteiger charge is 2.51. The van der Waals surface area contributed by atoms with Crippen LogP contribution >= 0.6 is 0 Å². The van der Waals surface area contributed by atoms with Gasteiger partial charge in [-0.25, -0.2) is 8.42 Å². The molecule has 0 atom stereocenters. The average Bonchev–Trinajstić information content (AvgIpc) is 3.58. The normalized spacial score (nSPS) is 22.4. The van der Waals surface area contributed by atoms with Crippen LogP contribution in [-0.4, -0.2) is 27.5 Å². The lowest BCUT2D eigenvalue weighted by Gasteiger charge is -2.28. The second-order valence-corrected chi connectivity index (χ2v) is 10.6. The summed E-state index contributed by atoms with van der Waals surface area (Å²) in [6.45, 7) is 2.27. The van der Waals surface area contributed by atoms with Crippen LogP contribution in [0.25, 0.3) is 0 Å². The summed E-state index contributed by atoms with van der Waals surface area (Å²) in [5, 5.41) is 3.26. The van der Waals surface area contributed by atoms with Gasteiger partial charge in [-0.2, -0.15) is 0 Å². The van der Waals surface area contributed by atoms with Crippen molar-refractivity contribution in [2.24, 2.45) is 5.92 Å². The molecule has 0 bridgehead atoms. The van der Waals surface area contributed by atoms with E-state index in [9.17, 15) is 13.2 Å². The molecule has 7 heteroatoms. The molecular formula is C24H30N2O4S. The largest absolute Gasteiger partial charge is 0.497 e. The highest BCUT2D eigenvalue weighted by molar-refractivity contribution is 7.92. The minimum Gasteiger partial charge on any atom is -0.497 e. The SMILES string of the molecule is COc1ccc(S(=O)(=O)Nc2ccc(C3(C(=O)NC4CCC(C)CC4)CC3)cc2)cc1. The molecule has 2 N–H and O–H groups in total. The summed E-state index contributed by atoms with van der Waals surface area (Å²) < 4.78 is 32.9. The van der Waals surface area contributed by atoms with Gasteiger partial charge in [0.15, 0.2) is 0 Å². The van der Waals surface area contributed by atoms with E-state index >= 15 is 0 Å². The van der Waals surface area contributed by atoms with Crippen LogP contribution in [-0.2, 0) is 20.2 Å². The van der Waals surface area contributed by atoms with Crippen molar-refractivity contribution in [1.82, 2.24) is 5.32 Å². The Hall–Kier alpha value is -2.54. The van der Waals surface area contributed by atoms with Crippen LogP contribution in [0.1, 0.15) is 51.0 Å². The van der Waals surface area contributed by atoms with Gasteiger partial charge in [-0.05, 0) is 86.4 Å². The Labute approximate surface area is 184 Å². The number of carbonyl (C=O) groups excluding carboxylic acids is 1. The molecule has 2 saturated carbocycles. The summed E-state index contributed by atoms with van der Waals surface area (Å²) in [5.41, 5.74) is 0.954. The van der Waals surface area contributed by atoms with E-state index in [0.29, 0.717) is 11.4 Å². The van der Waals surface area contributed by atoms with Crippen molar-refractivity contribution in [1.29, 1.82) is 0 Å². The highest BCUT2D eigenvalue weighted by atomic mass is 32.2. The van der Waals surface area contributed by atoms with Crippen molar-refractivity contribution in [2.75, 3.05) is 11.8 Å². The summed E-state index contributed by atoms with van der Waals surface area (Å²) >= 11 is 0. The molecule has 166 valence electrons. The zero-order chi connectivity index (χ0) is 22.1. The molecule has 6 nitrogen and oxygen atoms in total. The third kappa shape index (κ3) is 4.71. The molecule has 1 amide bonds. The third-order valence-corrected chi connectivity index (χ3v) is 7.99. The quantitative estimate of drug-likeness (QED) is 0.672. The van der Waals surface area contributed by atoms with E-state index in [1.807, 2.05) is 12.1 Å². The lowest BCUT2D eigenvalue weighted by molar-refractivity contribution is -0.124. The van der Waals surface area contributed by atoms with Crippen LogP contribution in [0.15, 0.2) is 53.4 Å². The summed E-state index contributed by atoms with van der Waals surface area (Å²) in [6.07, 6.45) is 6.10. The van der Waals surface area contributed by atoms with Crippen LogP contribution in [0.4, 0.5) is 5.69 Å². The molecule has 2 fully saturated rings. The van der Waals surface area contributed by atoms with E-state index in [0.717, 1.165) is 37.2 Å². The average molecular weight is 443 g/mol. The summed E-state index contributed by atoms with van der Waals surface area (Å²) in [4.78, 5) is 13.2. The molecule has 2 aromatic carbocycles. The fraction of sp³-hybridized carbons (Fsp3) is 0.458. The summed E-state index contributed by atoms with van der Waals surface area (Å²) in [5.74, 6) is 1.45. The molecular weight excluding hydrogens is 412 g/mol. The van der Waals surface area contributed by atoms with Gasteiger partial charge in [0.25, 0.3) is 10.0 Å². The number of anilines is 1. The Morgan fingerprint density at radius 1 is 0.968 bits per heavy atom. The molecule has 2 aliphatic carbocycles. The van der Waals surface area contributed by atoms with Crippen LogP contribution in [0.2, 0.25) is 0 Å². The number of nitrogens with one attached hydrogen (secondary N) is 2. The maximum atomic E-state index is 13.0. The topological polar surface area (TPSA) is 84.5 Å². The first-order chi connectivity index (χ1) is 14.8. The highest BCUT2D eigenvalue weighted by Crippen LogP contribution is 2.49. The van der Waals surface area contributed by atoms with Crippen LogP contribution in [0.3, 0.4) is 0 Å². The molecule has 2 aliphatic rings. The Kier molecular flexibility index (Phi) is 5.97. The maximum Gasteiger partial charge on any atom is 0.261 e. The van der Waals surface area contributed by atoms with Crippen molar-refractivity contribution in [3.63, 3.8) is 0 Å². The van der Waals surface area contributed by atoms with Crippen LogP contribution in [0, 0.1) is 5.92 Å². The van der Waals surface area contributed by atoms with E-state index in [4.69, 9.17) is 4.74 Å². The van der Waals surface area contributed by atoms with E-state index in [1.54, 1.807) is 24.3 Å². The molecule has 0 unspecified atom stereocenters. The number of carbonyl (C=O) groups is 1. The number of methoxy groups -OCH3 is 1. The van der Waals surface area contributed by atoms with Crippen molar-refractivity contribution in [3.8, 4) is 5.75 Å². The fourth-order valence-electron chi connectivity index (χ4n) is 4.33. The van der Waals surface area contributed by atoms with Crippen molar-refractivity contribution in [2.45, 2.75) is 61.8 Å². The predicted molar refractivity (Wildman–Crippen MR) is 121 cm³/mol. The standard InChI is InChI=1S/C24H30N2O4S/c1-17-3-7-19(8-4-17)25-23(27)24(15-16-24)18-5-9-20(10-6-18)26-31(28,29)22-13-11-21(30-2)12-14-22/h5-6,9-14,17,19,26H,3-4,7-8,15-16H2,1-2H3,(H,25,27). The van der Waals surface area contributed by atoms with E-state index < -0.39 is 15.4 Å². The number of hydrogen-bond acceptors (Lipinski definition) is 4. The number of amides is 1. The van der Waals surface area contributed by atoms with E-state index in [1.165, 1.54) is 32.1 Å². The lowest BCUT2D eigenvalue weighted by Crippen LogP contribution is -2.43. The zero-order valence-corrected chi connectivity index (χ0v) is 18.9. The lowest BCUT2D eigenvalue weighted by atomic mass is 9.86. The second kappa shape index (κ2) is 8.54. The Morgan fingerprint density at radius 2 is 1.58 bits per heavy atom. The second-order valence-electron chi connectivity index (χ2n) is 8.87. The monoisotopic (exact) mass is 442 g/mol. The first kappa shape index (κ1) is 21.7. The van der Waals surface area contributed by atoms with Gasteiger partial charge in [0, 0.05) is 11.7 Å². The maximum absolute atomic E-state index is 13.0. The first-order valence-corrected chi connectivity index (χ1v) is 12.4. The molecule has 0 aliphatic heterocycles. The van der Waals surface area contributed by atoms with Gasteiger partial charge in [0.2, 0.25) is 5.91 Å². The van der Waals surface area contributed by atoms with Gasteiger partial charge < -0.3 is 10.1 Å². The zero-order valence-electron chi connectivity index (χ0n) is 18.1. The Bertz CT molecular complexity index is 1020. The van der Waals surface area contributed by atoms with Crippen molar-refractivity contribution >= 4 is 21.6 Å². The number of sulfonamides is 1. The number of benzene rings is 2. The smallest absolute Gasteiger partial charge is 0.261 e. The van der Waals surface area contributed by atoms with Crippen LogP contribution in [0.5, 0.6) is 5.75 Å². The van der Waals surface area contributed by atoms with Crippen molar-refractivity contribution in [3.05, 3.63) is 54.1 Å². The van der Waals surface area contributed by atoms with Gasteiger partial charge in [0.05, 0.1) is 17.4 Å². The molecule has 31 heavy (non-hydrogen) atoms. The van der Waals surface area contributed by atoms with E-state index in [-0.39, 0.29) is 16.8 Å². The Morgan fingerprint density at radius 3 is 2.13 bits per heavy atom. The molecule has 4 rings (SSSR count). The van der Waals surface area contributed by atoms with E-state index in [2.05, 4.69) is 17.0 Å². The number of ether oxygens (including phenoxy) is 1. The van der Waals surface area contributed by atoms with Crippen LogP contribution < -0.4 is 14.8 Å². The van der Waals surface area contributed by atoms with Gasteiger partial charge in [-0.3, -0.25) is 9.52 Å². The fourth-order valence-corrected chi connectivity index (χ4v) is 5.38. The van der Waals surface area contributed by atoms with Crippen molar-refractivity contribution < 1.29 is 17.9 Å². The number of rotatable bonds is 7. The first-order valence-electron chi connectivity index (χ1n) is 10.9. The van der Waals surface area contributed by atoms with Gasteiger partial charge in [-0.15, -0.1) is 0 Å². The predicted octanol–water partition coefficient (Wildman–Crippen LogP) is 4.22. The minimum atomic E-state index is -3.70. The number of hydrogen-bond donors (Lipinski definition) is 2. The van der Waals surface area contributed by atoms with Gasteiger partial charge >= 0.3 is 0 Å². The molecule has 0 radical (unpaired) electrons. The van der Waals surface area contributed by atoms with Gasteiger partial charge in [0.1, 0.15) is 5.75 Å². The minimum absolute atomic E-state index is 0.110. The summed E-state index contributed by atoms with van der Waals surface area (Å²) in [7, 11) is -2.16. The Balaban J connectivity index is 1.42. The molecule has 0 aromatic heterocycles.